The molecule has 0 aliphatic heterocycles. The number of furan rings is 1. The van der Waals surface area contributed by atoms with Crippen molar-refractivity contribution in [2.24, 2.45) is 0 Å². The summed E-state index contributed by atoms with van der Waals surface area (Å²) in [6, 6.07) is 2.92. The summed E-state index contributed by atoms with van der Waals surface area (Å²) in [5.74, 6) is -1.38. The van der Waals surface area contributed by atoms with Crippen LogP contribution in [0, 0.1) is 0 Å². The Morgan fingerprint density at radius 1 is 1.20 bits per heavy atom. The number of hydrogen-bond acceptors (Lipinski definition) is 7. The Bertz CT molecular complexity index is 475. The second-order valence-corrected chi connectivity index (χ2v) is 3.80. The van der Waals surface area contributed by atoms with Gasteiger partial charge in [-0.05, 0) is 19.1 Å². The summed E-state index contributed by atoms with van der Waals surface area (Å²) in [6.07, 6.45) is -0.537. The smallest absolute Gasteiger partial charge is 0.317 e. The zero-order chi connectivity index (χ0) is 15.0. The van der Waals surface area contributed by atoms with E-state index >= 15 is 0 Å². The summed E-state index contributed by atoms with van der Waals surface area (Å²) in [7, 11) is 0. The minimum absolute atomic E-state index is 0.0626. The van der Waals surface area contributed by atoms with Crippen LogP contribution < -0.4 is 0 Å². The standard InChI is InChI=1S/C13H16O7/c1-2-18-12(16)7-13(17)19-6-5-10(15)11-4-3-9(8-14)20-11/h3-4,14H,2,5-8H2,1H3. The highest BCUT2D eigenvalue weighted by Crippen LogP contribution is 2.10. The van der Waals surface area contributed by atoms with Crippen molar-refractivity contribution in [3.8, 4) is 0 Å². The first kappa shape index (κ1) is 15.9. The van der Waals surface area contributed by atoms with Crippen LogP contribution >= 0.6 is 0 Å². The Balaban J connectivity index is 2.28. The van der Waals surface area contributed by atoms with E-state index in [2.05, 4.69) is 4.74 Å². The molecule has 0 saturated heterocycles. The van der Waals surface area contributed by atoms with Crippen LogP contribution in [0.25, 0.3) is 0 Å². The van der Waals surface area contributed by atoms with Gasteiger partial charge in [-0.25, -0.2) is 0 Å². The fraction of sp³-hybridized carbons (Fsp3) is 0.462. The van der Waals surface area contributed by atoms with Crippen molar-refractivity contribution in [1.29, 1.82) is 0 Å². The van der Waals surface area contributed by atoms with E-state index in [1.807, 2.05) is 0 Å². The van der Waals surface area contributed by atoms with Crippen LogP contribution in [0.1, 0.15) is 36.1 Å². The number of ketones is 1. The Labute approximate surface area is 115 Å². The van der Waals surface area contributed by atoms with Crippen LogP contribution in [0.5, 0.6) is 0 Å². The van der Waals surface area contributed by atoms with Crippen LogP contribution in [0.2, 0.25) is 0 Å². The molecule has 0 aliphatic rings. The maximum absolute atomic E-state index is 11.6. The van der Waals surface area contributed by atoms with Crippen molar-refractivity contribution in [1.82, 2.24) is 0 Å². The molecular formula is C13H16O7. The number of esters is 2. The van der Waals surface area contributed by atoms with Gasteiger partial charge in [-0.2, -0.15) is 0 Å². The Kier molecular flexibility index (Phi) is 6.45. The van der Waals surface area contributed by atoms with E-state index in [-0.39, 0.29) is 43.5 Å². The molecule has 20 heavy (non-hydrogen) atoms. The molecule has 0 aromatic carbocycles. The maximum Gasteiger partial charge on any atom is 0.317 e. The van der Waals surface area contributed by atoms with Gasteiger partial charge in [-0.15, -0.1) is 0 Å². The van der Waals surface area contributed by atoms with Gasteiger partial charge >= 0.3 is 11.9 Å². The lowest BCUT2D eigenvalue weighted by Gasteiger charge is -2.03. The van der Waals surface area contributed by atoms with Crippen molar-refractivity contribution in [2.45, 2.75) is 26.4 Å². The summed E-state index contributed by atoms with van der Waals surface area (Å²) >= 11 is 0. The number of aliphatic hydroxyl groups is 1. The highest BCUT2D eigenvalue weighted by Gasteiger charge is 2.14. The topological polar surface area (TPSA) is 103 Å². The van der Waals surface area contributed by atoms with Crippen molar-refractivity contribution in [3.05, 3.63) is 23.7 Å². The molecule has 0 atom stereocenters. The van der Waals surface area contributed by atoms with E-state index < -0.39 is 18.4 Å². The van der Waals surface area contributed by atoms with Gasteiger partial charge in [0.05, 0.1) is 13.2 Å². The van der Waals surface area contributed by atoms with Crippen molar-refractivity contribution < 1.29 is 33.4 Å². The number of ether oxygens (including phenoxy) is 2. The number of rotatable bonds is 8. The largest absolute Gasteiger partial charge is 0.466 e. The van der Waals surface area contributed by atoms with Gasteiger partial charge in [0.25, 0.3) is 0 Å². The molecule has 1 aromatic rings. The third kappa shape index (κ3) is 5.23. The van der Waals surface area contributed by atoms with Crippen LogP contribution in [-0.2, 0) is 25.7 Å². The van der Waals surface area contributed by atoms with Crippen LogP contribution in [0.4, 0.5) is 0 Å². The Morgan fingerprint density at radius 2 is 1.90 bits per heavy atom. The predicted octanol–water partition coefficient (Wildman–Crippen LogP) is 0.841. The molecule has 7 heteroatoms. The Hall–Kier alpha value is -2.15. The molecule has 0 amide bonds. The molecule has 0 radical (unpaired) electrons. The number of Topliss-reactive ketones (excluding diaryl/α,β-unsaturated/α-hetero) is 1. The summed E-state index contributed by atoms with van der Waals surface area (Å²) in [5.41, 5.74) is 0. The van der Waals surface area contributed by atoms with Crippen molar-refractivity contribution >= 4 is 17.7 Å². The number of carbonyl (C=O) groups is 3. The normalized spacial score (nSPS) is 10.1. The summed E-state index contributed by atoms with van der Waals surface area (Å²) < 4.78 is 14.3. The van der Waals surface area contributed by atoms with E-state index in [4.69, 9.17) is 14.3 Å². The number of aliphatic hydroxyl groups excluding tert-OH is 1. The molecule has 1 N–H and O–H groups in total. The highest BCUT2D eigenvalue weighted by molar-refractivity contribution is 5.94. The molecule has 0 fully saturated rings. The molecular weight excluding hydrogens is 268 g/mol. The van der Waals surface area contributed by atoms with Crippen LogP contribution in [-0.4, -0.2) is 36.0 Å². The zero-order valence-electron chi connectivity index (χ0n) is 11.1. The fourth-order valence-electron chi connectivity index (χ4n) is 1.37. The molecule has 1 rings (SSSR count). The lowest BCUT2D eigenvalue weighted by atomic mass is 10.2. The van der Waals surface area contributed by atoms with E-state index in [0.717, 1.165) is 0 Å². The number of carbonyl (C=O) groups excluding carboxylic acids is 3. The van der Waals surface area contributed by atoms with E-state index in [1.54, 1.807) is 6.92 Å². The van der Waals surface area contributed by atoms with Gasteiger partial charge in [0.2, 0.25) is 5.78 Å². The van der Waals surface area contributed by atoms with Crippen LogP contribution in [0.15, 0.2) is 16.5 Å². The van der Waals surface area contributed by atoms with E-state index in [9.17, 15) is 14.4 Å². The third-order valence-corrected chi connectivity index (χ3v) is 2.28. The second-order valence-electron chi connectivity index (χ2n) is 3.80. The first-order valence-electron chi connectivity index (χ1n) is 6.10. The average Bonchev–Trinajstić information content (AvgIpc) is 2.87. The van der Waals surface area contributed by atoms with E-state index in [1.165, 1.54) is 12.1 Å². The average molecular weight is 284 g/mol. The number of hydrogen-bond donors (Lipinski definition) is 1. The minimum atomic E-state index is -0.744. The van der Waals surface area contributed by atoms with E-state index in [0.29, 0.717) is 0 Å². The fourth-order valence-corrected chi connectivity index (χ4v) is 1.37. The van der Waals surface area contributed by atoms with Crippen molar-refractivity contribution in [3.63, 3.8) is 0 Å². The SMILES string of the molecule is CCOC(=O)CC(=O)OCCC(=O)c1ccc(CO)o1. The Morgan fingerprint density at radius 3 is 2.50 bits per heavy atom. The third-order valence-electron chi connectivity index (χ3n) is 2.28. The maximum atomic E-state index is 11.6. The quantitative estimate of drug-likeness (QED) is 0.428. The summed E-state index contributed by atoms with van der Waals surface area (Å²) in [4.78, 5) is 33.8. The second kappa shape index (κ2) is 8.11. The molecule has 0 saturated carbocycles. The summed E-state index contributed by atoms with van der Waals surface area (Å²) in [5, 5.41) is 8.79. The highest BCUT2D eigenvalue weighted by atomic mass is 16.6. The van der Waals surface area contributed by atoms with Gasteiger partial charge in [0, 0.05) is 6.42 Å². The van der Waals surface area contributed by atoms with Gasteiger partial charge in [0.1, 0.15) is 18.8 Å². The zero-order valence-corrected chi connectivity index (χ0v) is 11.1. The molecule has 0 aliphatic carbocycles. The lowest BCUT2D eigenvalue weighted by Crippen LogP contribution is -2.15. The molecule has 1 heterocycles. The molecule has 1 aromatic heterocycles. The van der Waals surface area contributed by atoms with Crippen molar-refractivity contribution in [2.75, 3.05) is 13.2 Å². The first-order chi connectivity index (χ1) is 9.56. The monoisotopic (exact) mass is 284 g/mol. The summed E-state index contributed by atoms with van der Waals surface area (Å²) in [6.45, 7) is 1.39. The molecule has 0 unspecified atom stereocenters. The molecule has 7 nitrogen and oxygen atoms in total. The molecule has 0 bridgehead atoms. The minimum Gasteiger partial charge on any atom is -0.466 e. The first-order valence-corrected chi connectivity index (χ1v) is 6.10. The van der Waals surface area contributed by atoms with Gasteiger partial charge < -0.3 is 19.0 Å². The van der Waals surface area contributed by atoms with Crippen LogP contribution in [0.3, 0.4) is 0 Å². The van der Waals surface area contributed by atoms with Gasteiger partial charge in [-0.1, -0.05) is 0 Å². The lowest BCUT2D eigenvalue weighted by molar-refractivity contribution is -0.154. The molecule has 110 valence electrons. The van der Waals surface area contributed by atoms with Gasteiger partial charge in [0.15, 0.2) is 5.76 Å². The van der Waals surface area contributed by atoms with Gasteiger partial charge in [-0.3, -0.25) is 14.4 Å². The molecule has 0 spiro atoms. The predicted molar refractivity (Wildman–Crippen MR) is 65.8 cm³/mol.